The molecular formula is C17H24Si. The van der Waals surface area contributed by atoms with Crippen LogP contribution in [-0.2, 0) is 0 Å². The molecule has 0 saturated carbocycles. The van der Waals surface area contributed by atoms with E-state index in [1.807, 2.05) is 18.2 Å². The van der Waals surface area contributed by atoms with Crippen LogP contribution in [0.3, 0.4) is 0 Å². The quantitative estimate of drug-likeness (QED) is 0.657. The van der Waals surface area contributed by atoms with Crippen LogP contribution in [0.15, 0.2) is 54.6 Å². The van der Waals surface area contributed by atoms with Crippen LogP contribution in [0.5, 0.6) is 0 Å². The fraction of sp³-hybridized carbons (Fsp3) is 0.294. The van der Waals surface area contributed by atoms with Crippen molar-refractivity contribution in [1.29, 1.82) is 0 Å². The van der Waals surface area contributed by atoms with Gasteiger partial charge in [-0.25, -0.2) is 0 Å². The number of aryl methyl sites for hydroxylation is 2. The predicted molar refractivity (Wildman–Crippen MR) is 85.3 cm³/mol. The van der Waals surface area contributed by atoms with Gasteiger partial charge in [-0.05, 0) is 13.8 Å². The largest absolute Gasteiger partial charge is 0.0775 e. The summed E-state index contributed by atoms with van der Waals surface area (Å²) in [6.45, 7) is 11.3. The number of benzene rings is 2. The van der Waals surface area contributed by atoms with Gasteiger partial charge in [-0.15, -0.1) is 0 Å². The number of hydrogen-bond donors (Lipinski definition) is 0. The Kier molecular flexibility index (Phi) is 5.36. The summed E-state index contributed by atoms with van der Waals surface area (Å²) in [4.78, 5) is 0. The smallest absolute Gasteiger partial charge is 0.0656 e. The molecule has 96 valence electrons. The molecule has 0 nitrogen and oxygen atoms in total. The van der Waals surface area contributed by atoms with E-state index in [0.717, 1.165) is 0 Å². The Hall–Kier alpha value is -1.34. The van der Waals surface area contributed by atoms with Crippen molar-refractivity contribution in [1.82, 2.24) is 0 Å². The van der Waals surface area contributed by atoms with Gasteiger partial charge in [0.2, 0.25) is 0 Å². The standard InChI is InChI=1S/C10H16Si.C7H8/c1-9-5-7-10(8-6-9)11(2,3)4;1-7-5-3-2-4-6-7/h5-8H,1-4H3;2-6H,1H3. The summed E-state index contributed by atoms with van der Waals surface area (Å²) in [5, 5.41) is 1.54. The molecule has 0 fully saturated rings. The Morgan fingerprint density at radius 3 is 1.39 bits per heavy atom. The molecule has 2 rings (SSSR count). The van der Waals surface area contributed by atoms with Crippen LogP contribution < -0.4 is 5.19 Å². The Morgan fingerprint density at radius 1 is 0.611 bits per heavy atom. The van der Waals surface area contributed by atoms with E-state index in [0.29, 0.717) is 0 Å². The van der Waals surface area contributed by atoms with Gasteiger partial charge >= 0.3 is 0 Å². The highest BCUT2D eigenvalue weighted by Crippen LogP contribution is 2.03. The van der Waals surface area contributed by atoms with Crippen LogP contribution in [0.1, 0.15) is 11.1 Å². The minimum Gasteiger partial charge on any atom is -0.0656 e. The molecule has 0 aromatic heterocycles. The summed E-state index contributed by atoms with van der Waals surface area (Å²) in [5.41, 5.74) is 2.68. The Morgan fingerprint density at radius 2 is 1.06 bits per heavy atom. The van der Waals surface area contributed by atoms with Crippen molar-refractivity contribution in [3.05, 3.63) is 65.7 Å². The average molecular weight is 256 g/mol. The fourth-order valence-electron chi connectivity index (χ4n) is 1.59. The molecule has 0 spiro atoms. The molecule has 0 aliphatic carbocycles. The van der Waals surface area contributed by atoms with Gasteiger partial charge in [0.1, 0.15) is 0 Å². The SMILES string of the molecule is Cc1ccc([Si](C)(C)C)cc1.Cc1ccccc1. The van der Waals surface area contributed by atoms with Gasteiger partial charge in [-0.1, -0.05) is 90.6 Å². The molecule has 1 heteroatoms. The fourth-order valence-corrected chi connectivity index (χ4v) is 2.75. The monoisotopic (exact) mass is 256 g/mol. The van der Waals surface area contributed by atoms with E-state index in [1.54, 1.807) is 5.19 Å². The average Bonchev–Trinajstić information content (AvgIpc) is 2.30. The topological polar surface area (TPSA) is 0 Å². The van der Waals surface area contributed by atoms with E-state index >= 15 is 0 Å². The third-order valence-corrected chi connectivity index (χ3v) is 4.92. The van der Waals surface area contributed by atoms with E-state index in [2.05, 4.69) is 69.9 Å². The van der Waals surface area contributed by atoms with Crippen molar-refractivity contribution < 1.29 is 0 Å². The second-order valence-corrected chi connectivity index (χ2v) is 10.8. The summed E-state index contributed by atoms with van der Waals surface area (Å²) in [7, 11) is -1.06. The Bertz CT molecular complexity index is 449. The highest BCUT2D eigenvalue weighted by atomic mass is 28.3. The maximum Gasteiger partial charge on any atom is 0.0775 e. The molecule has 0 aliphatic heterocycles. The molecule has 0 amide bonds. The number of rotatable bonds is 1. The minimum atomic E-state index is -1.06. The van der Waals surface area contributed by atoms with Crippen molar-refractivity contribution in [2.24, 2.45) is 0 Å². The van der Waals surface area contributed by atoms with Crippen molar-refractivity contribution in [3.63, 3.8) is 0 Å². The molecule has 0 radical (unpaired) electrons. The van der Waals surface area contributed by atoms with Crippen LogP contribution in [0.4, 0.5) is 0 Å². The van der Waals surface area contributed by atoms with E-state index < -0.39 is 8.07 Å². The van der Waals surface area contributed by atoms with Gasteiger partial charge in [0.15, 0.2) is 0 Å². The van der Waals surface area contributed by atoms with Crippen LogP contribution >= 0.6 is 0 Å². The molecular weight excluding hydrogens is 232 g/mol. The highest BCUT2D eigenvalue weighted by Gasteiger charge is 2.14. The van der Waals surface area contributed by atoms with E-state index in [4.69, 9.17) is 0 Å². The molecule has 2 aromatic rings. The lowest BCUT2D eigenvalue weighted by atomic mass is 10.2. The first kappa shape index (κ1) is 14.7. The van der Waals surface area contributed by atoms with Gasteiger partial charge in [0, 0.05) is 0 Å². The zero-order valence-corrected chi connectivity index (χ0v) is 13.2. The van der Waals surface area contributed by atoms with E-state index in [-0.39, 0.29) is 0 Å². The molecule has 2 aromatic carbocycles. The molecule has 0 saturated heterocycles. The van der Waals surface area contributed by atoms with Gasteiger partial charge < -0.3 is 0 Å². The first-order valence-electron chi connectivity index (χ1n) is 6.48. The first-order valence-corrected chi connectivity index (χ1v) is 9.98. The lowest BCUT2D eigenvalue weighted by Crippen LogP contribution is -2.37. The third kappa shape index (κ3) is 5.33. The van der Waals surface area contributed by atoms with Crippen molar-refractivity contribution >= 4 is 13.3 Å². The molecule has 0 unspecified atom stereocenters. The molecule has 18 heavy (non-hydrogen) atoms. The van der Waals surface area contributed by atoms with Crippen molar-refractivity contribution in [3.8, 4) is 0 Å². The summed E-state index contributed by atoms with van der Waals surface area (Å²) in [6.07, 6.45) is 0. The number of hydrogen-bond acceptors (Lipinski definition) is 0. The maximum absolute atomic E-state index is 2.37. The molecule has 0 bridgehead atoms. The summed E-state index contributed by atoms with van der Waals surface area (Å²) in [6, 6.07) is 19.2. The minimum absolute atomic E-state index is 1.06. The van der Waals surface area contributed by atoms with Crippen LogP contribution in [-0.4, -0.2) is 8.07 Å². The van der Waals surface area contributed by atoms with E-state index in [9.17, 15) is 0 Å². The second-order valence-electron chi connectivity index (χ2n) is 5.77. The van der Waals surface area contributed by atoms with Crippen LogP contribution in [0.25, 0.3) is 0 Å². The lowest BCUT2D eigenvalue weighted by molar-refractivity contribution is 1.48. The normalized spacial score (nSPS) is 10.5. The highest BCUT2D eigenvalue weighted by molar-refractivity contribution is 6.88. The van der Waals surface area contributed by atoms with Crippen LogP contribution in [0, 0.1) is 13.8 Å². The lowest BCUT2D eigenvalue weighted by Gasteiger charge is -2.16. The molecule has 0 aliphatic rings. The van der Waals surface area contributed by atoms with Crippen LogP contribution in [0.2, 0.25) is 19.6 Å². The van der Waals surface area contributed by atoms with Gasteiger partial charge in [0.05, 0.1) is 8.07 Å². The molecule has 0 atom stereocenters. The molecule has 0 heterocycles. The zero-order valence-electron chi connectivity index (χ0n) is 12.2. The third-order valence-electron chi connectivity index (χ3n) is 2.86. The Labute approximate surface area is 113 Å². The summed E-state index contributed by atoms with van der Waals surface area (Å²) < 4.78 is 0. The van der Waals surface area contributed by atoms with Gasteiger partial charge in [-0.2, -0.15) is 0 Å². The maximum atomic E-state index is 2.37. The summed E-state index contributed by atoms with van der Waals surface area (Å²) >= 11 is 0. The first-order chi connectivity index (χ1) is 8.39. The molecule has 0 N–H and O–H groups in total. The second kappa shape index (κ2) is 6.55. The van der Waals surface area contributed by atoms with E-state index in [1.165, 1.54) is 11.1 Å². The van der Waals surface area contributed by atoms with Crippen molar-refractivity contribution in [2.75, 3.05) is 0 Å². The van der Waals surface area contributed by atoms with Gasteiger partial charge in [0.25, 0.3) is 0 Å². The zero-order chi connectivity index (χ0) is 13.6. The van der Waals surface area contributed by atoms with Gasteiger partial charge in [-0.3, -0.25) is 0 Å². The summed E-state index contributed by atoms with van der Waals surface area (Å²) in [5.74, 6) is 0. The predicted octanol–water partition coefficient (Wildman–Crippen LogP) is 4.54. The Balaban J connectivity index is 0.000000199. The van der Waals surface area contributed by atoms with Crippen molar-refractivity contribution in [2.45, 2.75) is 33.5 Å².